The second-order valence-corrected chi connectivity index (χ2v) is 5.88. The number of primary amides is 1. The van der Waals surface area contributed by atoms with Crippen molar-refractivity contribution >= 4 is 17.8 Å². The predicted molar refractivity (Wildman–Crippen MR) is 72.8 cm³/mol. The van der Waals surface area contributed by atoms with E-state index in [1.54, 1.807) is 0 Å². The highest BCUT2D eigenvalue weighted by atomic mass is 16.4. The summed E-state index contributed by atoms with van der Waals surface area (Å²) in [6.07, 6.45) is 1.82. The molecule has 1 saturated heterocycles. The van der Waals surface area contributed by atoms with Crippen molar-refractivity contribution in [3.8, 4) is 0 Å². The molecule has 0 aliphatic carbocycles. The van der Waals surface area contributed by atoms with E-state index in [4.69, 9.17) is 10.8 Å². The van der Waals surface area contributed by atoms with Gasteiger partial charge < -0.3 is 21.5 Å². The van der Waals surface area contributed by atoms with Crippen LogP contribution in [-0.4, -0.2) is 41.5 Å². The first-order valence-electron chi connectivity index (χ1n) is 6.79. The molecule has 20 heavy (non-hydrogen) atoms. The van der Waals surface area contributed by atoms with Crippen molar-refractivity contribution in [2.45, 2.75) is 51.6 Å². The lowest BCUT2D eigenvalue weighted by molar-refractivity contribution is -0.143. The average Bonchev–Trinajstić information content (AvgIpc) is 2.32. The number of hydrogen-bond donors (Lipinski definition) is 4. The highest BCUT2D eigenvalue weighted by Crippen LogP contribution is 2.30. The lowest BCUT2D eigenvalue weighted by Gasteiger charge is -2.38. The molecule has 0 aromatic heterocycles. The molecule has 0 bridgehead atoms. The lowest BCUT2D eigenvalue weighted by atomic mass is 9.77. The minimum Gasteiger partial charge on any atom is -0.480 e. The van der Waals surface area contributed by atoms with E-state index in [-0.39, 0.29) is 24.2 Å². The third-order valence-corrected chi connectivity index (χ3v) is 3.68. The monoisotopic (exact) mass is 285 g/mol. The minimum atomic E-state index is -1.16. The van der Waals surface area contributed by atoms with Gasteiger partial charge in [-0.2, -0.15) is 0 Å². The van der Waals surface area contributed by atoms with E-state index in [1.807, 2.05) is 13.8 Å². The predicted octanol–water partition coefficient (Wildman–Crippen LogP) is -0.400. The topological polar surface area (TPSA) is 122 Å². The summed E-state index contributed by atoms with van der Waals surface area (Å²) in [6, 6.07) is -1.51. The van der Waals surface area contributed by atoms with Gasteiger partial charge in [0.05, 0.1) is 6.04 Å². The summed E-state index contributed by atoms with van der Waals surface area (Å²) in [4.78, 5) is 34.0. The van der Waals surface area contributed by atoms with Crippen molar-refractivity contribution in [3.63, 3.8) is 0 Å². The summed E-state index contributed by atoms with van der Waals surface area (Å²) in [5, 5.41) is 14.7. The maximum Gasteiger partial charge on any atom is 0.326 e. The van der Waals surface area contributed by atoms with Crippen molar-refractivity contribution in [2.75, 3.05) is 6.54 Å². The quantitative estimate of drug-likeness (QED) is 0.529. The van der Waals surface area contributed by atoms with Crippen LogP contribution in [0.15, 0.2) is 0 Å². The zero-order chi connectivity index (χ0) is 15.3. The Balaban J connectivity index is 2.65. The molecule has 1 aliphatic rings. The molecule has 0 saturated carbocycles. The molecule has 0 aromatic rings. The molecule has 0 radical (unpaired) electrons. The number of carbonyl (C=O) groups excluding carboxylic acids is 2. The third-order valence-electron chi connectivity index (χ3n) is 3.68. The Morgan fingerprint density at radius 1 is 1.45 bits per heavy atom. The van der Waals surface area contributed by atoms with Gasteiger partial charge in [0.15, 0.2) is 0 Å². The summed E-state index contributed by atoms with van der Waals surface area (Å²) in [5.41, 5.74) is 4.77. The third kappa shape index (κ3) is 4.48. The maximum absolute atomic E-state index is 12.2. The van der Waals surface area contributed by atoms with Crippen LogP contribution in [0.3, 0.4) is 0 Å². The van der Waals surface area contributed by atoms with E-state index in [0.29, 0.717) is 0 Å². The number of carbonyl (C=O) groups is 3. The fourth-order valence-corrected chi connectivity index (χ4v) is 2.46. The Morgan fingerprint density at radius 3 is 2.60 bits per heavy atom. The molecule has 1 fully saturated rings. The summed E-state index contributed by atoms with van der Waals surface area (Å²) in [5.74, 6) is -2.08. The first-order valence-corrected chi connectivity index (χ1v) is 6.79. The lowest BCUT2D eigenvalue weighted by Crippen LogP contribution is -2.58. The van der Waals surface area contributed by atoms with Gasteiger partial charge in [-0.3, -0.25) is 9.59 Å². The van der Waals surface area contributed by atoms with E-state index in [1.165, 1.54) is 0 Å². The molecule has 0 aromatic carbocycles. The molecule has 2 atom stereocenters. The number of nitrogens with two attached hydrogens (primary N) is 1. The van der Waals surface area contributed by atoms with E-state index < -0.39 is 24.0 Å². The molecule has 1 aliphatic heterocycles. The van der Waals surface area contributed by atoms with Crippen LogP contribution in [0.5, 0.6) is 0 Å². The maximum atomic E-state index is 12.2. The van der Waals surface area contributed by atoms with Crippen LogP contribution in [0.2, 0.25) is 0 Å². The molecular weight excluding hydrogens is 262 g/mol. The fourth-order valence-electron chi connectivity index (χ4n) is 2.46. The number of aliphatic carboxylic acids is 1. The number of carboxylic acid groups (broad SMARTS) is 1. The van der Waals surface area contributed by atoms with E-state index in [0.717, 1.165) is 19.4 Å². The number of nitrogens with one attached hydrogen (secondary N) is 2. The van der Waals surface area contributed by atoms with Crippen molar-refractivity contribution in [1.29, 1.82) is 0 Å². The summed E-state index contributed by atoms with van der Waals surface area (Å²) >= 11 is 0. The van der Waals surface area contributed by atoms with Crippen molar-refractivity contribution in [2.24, 2.45) is 11.1 Å². The first kappa shape index (κ1) is 16.4. The first-order chi connectivity index (χ1) is 9.24. The smallest absolute Gasteiger partial charge is 0.326 e. The number of piperidine rings is 1. The largest absolute Gasteiger partial charge is 0.480 e. The van der Waals surface area contributed by atoms with E-state index in [9.17, 15) is 14.4 Å². The van der Waals surface area contributed by atoms with Gasteiger partial charge in [-0.1, -0.05) is 13.8 Å². The fraction of sp³-hybridized carbons (Fsp3) is 0.769. The molecule has 2 amide bonds. The highest BCUT2D eigenvalue weighted by Gasteiger charge is 2.38. The van der Waals surface area contributed by atoms with Crippen LogP contribution < -0.4 is 16.4 Å². The zero-order valence-electron chi connectivity index (χ0n) is 11.9. The Hall–Kier alpha value is -1.63. The van der Waals surface area contributed by atoms with Crippen LogP contribution in [0.4, 0.5) is 0 Å². The molecule has 5 N–H and O–H groups in total. The Kier molecular flexibility index (Phi) is 5.50. The van der Waals surface area contributed by atoms with E-state index in [2.05, 4.69) is 10.6 Å². The van der Waals surface area contributed by atoms with Crippen LogP contribution in [0, 0.1) is 5.41 Å². The van der Waals surface area contributed by atoms with Gasteiger partial charge in [0, 0.05) is 6.42 Å². The minimum absolute atomic E-state index is 0.00353. The van der Waals surface area contributed by atoms with Gasteiger partial charge in [0.1, 0.15) is 6.04 Å². The Bertz CT molecular complexity index is 395. The molecule has 1 rings (SSSR count). The van der Waals surface area contributed by atoms with Crippen LogP contribution >= 0.6 is 0 Å². The summed E-state index contributed by atoms with van der Waals surface area (Å²) in [7, 11) is 0. The Labute approximate surface area is 118 Å². The van der Waals surface area contributed by atoms with Gasteiger partial charge >= 0.3 is 5.97 Å². The molecule has 1 unspecified atom stereocenters. The van der Waals surface area contributed by atoms with Gasteiger partial charge in [-0.05, 0) is 31.2 Å². The molecule has 7 nitrogen and oxygen atoms in total. The van der Waals surface area contributed by atoms with E-state index >= 15 is 0 Å². The number of rotatable bonds is 6. The van der Waals surface area contributed by atoms with Crippen LogP contribution in [0.25, 0.3) is 0 Å². The van der Waals surface area contributed by atoms with Crippen molar-refractivity contribution in [3.05, 3.63) is 0 Å². The second-order valence-electron chi connectivity index (χ2n) is 5.88. The van der Waals surface area contributed by atoms with Gasteiger partial charge in [-0.25, -0.2) is 4.79 Å². The van der Waals surface area contributed by atoms with Gasteiger partial charge in [0.25, 0.3) is 0 Å². The van der Waals surface area contributed by atoms with Crippen molar-refractivity contribution in [1.82, 2.24) is 10.6 Å². The summed E-state index contributed by atoms with van der Waals surface area (Å²) < 4.78 is 0. The van der Waals surface area contributed by atoms with Crippen LogP contribution in [-0.2, 0) is 14.4 Å². The number of carboxylic acids is 1. The molecule has 114 valence electrons. The van der Waals surface area contributed by atoms with Crippen molar-refractivity contribution < 1.29 is 19.5 Å². The van der Waals surface area contributed by atoms with Gasteiger partial charge in [-0.15, -0.1) is 0 Å². The standard InChI is InChI=1S/C13H23N3O4/c1-13(2)6-3-7-15-10(13)11(18)16-8(12(19)20)4-5-9(14)17/h8,10,15H,3-7H2,1-2H3,(H2,14,17)(H,16,18)(H,19,20)/t8-,10?/m0/s1. The molecule has 0 spiro atoms. The second kappa shape index (κ2) is 6.69. The number of hydrogen-bond acceptors (Lipinski definition) is 4. The normalized spacial score (nSPS) is 22.8. The average molecular weight is 285 g/mol. The number of amides is 2. The Morgan fingerprint density at radius 2 is 2.10 bits per heavy atom. The molecular formula is C13H23N3O4. The molecule has 7 heteroatoms. The SMILES string of the molecule is CC1(C)CCCNC1C(=O)N[C@@H](CCC(N)=O)C(=O)O. The highest BCUT2D eigenvalue weighted by molar-refractivity contribution is 5.88. The van der Waals surface area contributed by atoms with Gasteiger partial charge in [0.2, 0.25) is 11.8 Å². The molecule has 1 heterocycles. The summed E-state index contributed by atoms with van der Waals surface area (Å²) in [6.45, 7) is 4.69. The zero-order valence-corrected chi connectivity index (χ0v) is 11.9. The van der Waals surface area contributed by atoms with Crippen LogP contribution in [0.1, 0.15) is 39.5 Å².